The second-order valence-corrected chi connectivity index (χ2v) is 4.42. The summed E-state index contributed by atoms with van der Waals surface area (Å²) in [7, 11) is 0. The maximum absolute atomic E-state index is 11.5. The molecule has 0 radical (unpaired) electrons. The Bertz CT molecular complexity index is 405. The highest BCUT2D eigenvalue weighted by atomic mass is 16.5. The molecule has 0 aliphatic heterocycles. The standard InChI is InChI=1S/C14H19NO4/c1-11(10-14(17)18)9-13(16)15-7-8-19-12-5-3-2-4-6-12/h2-6,11H,7-10H2,1H3,(H,15,16)(H,17,18). The van der Waals surface area contributed by atoms with E-state index in [0.29, 0.717) is 13.2 Å². The zero-order valence-corrected chi connectivity index (χ0v) is 11.0. The van der Waals surface area contributed by atoms with E-state index in [1.54, 1.807) is 6.92 Å². The van der Waals surface area contributed by atoms with Gasteiger partial charge < -0.3 is 15.2 Å². The number of carbonyl (C=O) groups is 2. The lowest BCUT2D eigenvalue weighted by molar-refractivity contribution is -0.138. The first-order valence-electron chi connectivity index (χ1n) is 6.24. The Labute approximate surface area is 112 Å². The Balaban J connectivity index is 2.12. The van der Waals surface area contributed by atoms with E-state index in [4.69, 9.17) is 9.84 Å². The molecule has 0 heterocycles. The summed E-state index contributed by atoms with van der Waals surface area (Å²) in [6.45, 7) is 2.55. The Morgan fingerprint density at radius 2 is 1.95 bits per heavy atom. The van der Waals surface area contributed by atoms with Crippen LogP contribution in [0.2, 0.25) is 0 Å². The van der Waals surface area contributed by atoms with Crippen molar-refractivity contribution in [2.75, 3.05) is 13.2 Å². The van der Waals surface area contributed by atoms with Crippen LogP contribution in [0.25, 0.3) is 0 Å². The van der Waals surface area contributed by atoms with Crippen LogP contribution in [0, 0.1) is 5.92 Å². The average molecular weight is 265 g/mol. The van der Waals surface area contributed by atoms with E-state index in [9.17, 15) is 9.59 Å². The molecule has 0 aliphatic carbocycles. The van der Waals surface area contributed by atoms with Crippen LogP contribution < -0.4 is 10.1 Å². The summed E-state index contributed by atoms with van der Waals surface area (Å²) < 4.78 is 5.42. The predicted molar refractivity (Wildman–Crippen MR) is 71.0 cm³/mol. The minimum atomic E-state index is -0.882. The van der Waals surface area contributed by atoms with E-state index < -0.39 is 5.97 Å². The van der Waals surface area contributed by atoms with Crippen molar-refractivity contribution in [3.63, 3.8) is 0 Å². The highest BCUT2D eigenvalue weighted by molar-refractivity contribution is 5.77. The third-order valence-corrected chi connectivity index (χ3v) is 2.49. The van der Waals surface area contributed by atoms with Gasteiger partial charge in [-0.25, -0.2) is 0 Å². The number of hydrogen-bond acceptors (Lipinski definition) is 3. The molecule has 1 atom stereocenters. The van der Waals surface area contributed by atoms with Gasteiger partial charge in [-0.3, -0.25) is 9.59 Å². The van der Waals surface area contributed by atoms with Gasteiger partial charge in [0.05, 0.1) is 6.54 Å². The second kappa shape index (κ2) is 8.13. The van der Waals surface area contributed by atoms with Gasteiger partial charge in [0.25, 0.3) is 0 Å². The van der Waals surface area contributed by atoms with Crippen molar-refractivity contribution >= 4 is 11.9 Å². The molecule has 0 bridgehead atoms. The van der Waals surface area contributed by atoms with E-state index in [0.717, 1.165) is 5.75 Å². The maximum Gasteiger partial charge on any atom is 0.303 e. The molecule has 0 saturated heterocycles. The van der Waals surface area contributed by atoms with Crippen molar-refractivity contribution < 1.29 is 19.4 Å². The van der Waals surface area contributed by atoms with Gasteiger partial charge in [0.15, 0.2) is 0 Å². The first kappa shape index (κ1) is 15.0. The number of aliphatic carboxylic acids is 1. The number of rotatable bonds is 8. The highest BCUT2D eigenvalue weighted by Gasteiger charge is 2.11. The van der Waals surface area contributed by atoms with Crippen molar-refractivity contribution in [2.45, 2.75) is 19.8 Å². The number of carbonyl (C=O) groups excluding carboxylic acids is 1. The summed E-state index contributed by atoms with van der Waals surface area (Å²) in [4.78, 5) is 21.9. The number of carboxylic acid groups (broad SMARTS) is 1. The molecule has 0 saturated carbocycles. The van der Waals surface area contributed by atoms with Crippen LogP contribution in [0.4, 0.5) is 0 Å². The van der Waals surface area contributed by atoms with Crippen molar-refractivity contribution in [3.8, 4) is 5.75 Å². The van der Waals surface area contributed by atoms with E-state index >= 15 is 0 Å². The monoisotopic (exact) mass is 265 g/mol. The Morgan fingerprint density at radius 3 is 2.58 bits per heavy atom. The van der Waals surface area contributed by atoms with E-state index in [2.05, 4.69) is 5.32 Å². The number of carboxylic acids is 1. The average Bonchev–Trinajstić information content (AvgIpc) is 2.35. The topological polar surface area (TPSA) is 75.6 Å². The maximum atomic E-state index is 11.5. The smallest absolute Gasteiger partial charge is 0.303 e. The highest BCUT2D eigenvalue weighted by Crippen LogP contribution is 2.08. The van der Waals surface area contributed by atoms with Crippen LogP contribution in [0.3, 0.4) is 0 Å². The molecule has 5 nitrogen and oxygen atoms in total. The van der Waals surface area contributed by atoms with Gasteiger partial charge in [-0.2, -0.15) is 0 Å². The Kier molecular flexibility index (Phi) is 6.43. The molecule has 1 aromatic carbocycles. The lowest BCUT2D eigenvalue weighted by Gasteiger charge is -2.10. The molecule has 1 amide bonds. The van der Waals surface area contributed by atoms with Crippen molar-refractivity contribution in [1.29, 1.82) is 0 Å². The normalized spacial score (nSPS) is 11.6. The minimum Gasteiger partial charge on any atom is -0.492 e. The van der Waals surface area contributed by atoms with Gasteiger partial charge >= 0.3 is 5.97 Å². The third-order valence-electron chi connectivity index (χ3n) is 2.49. The first-order valence-corrected chi connectivity index (χ1v) is 6.24. The Hall–Kier alpha value is -2.04. The SMILES string of the molecule is CC(CC(=O)O)CC(=O)NCCOc1ccccc1. The number of amides is 1. The molecular weight excluding hydrogens is 246 g/mol. The fourth-order valence-corrected chi connectivity index (χ4v) is 1.63. The molecular formula is C14H19NO4. The fourth-order valence-electron chi connectivity index (χ4n) is 1.63. The van der Waals surface area contributed by atoms with Crippen molar-refractivity contribution in [2.24, 2.45) is 5.92 Å². The van der Waals surface area contributed by atoms with Gasteiger partial charge in [0, 0.05) is 12.8 Å². The number of benzene rings is 1. The molecule has 0 aliphatic rings. The predicted octanol–water partition coefficient (Wildman–Crippen LogP) is 1.68. The summed E-state index contributed by atoms with van der Waals surface area (Å²) in [5, 5.41) is 11.3. The Morgan fingerprint density at radius 1 is 1.26 bits per heavy atom. The van der Waals surface area contributed by atoms with Crippen LogP contribution in [-0.4, -0.2) is 30.1 Å². The molecule has 19 heavy (non-hydrogen) atoms. The summed E-state index contributed by atoms with van der Waals surface area (Å²) in [5.74, 6) is -0.429. The molecule has 1 unspecified atom stereocenters. The largest absolute Gasteiger partial charge is 0.492 e. The quantitative estimate of drug-likeness (QED) is 0.701. The van der Waals surface area contributed by atoms with Gasteiger partial charge in [0.1, 0.15) is 12.4 Å². The fraction of sp³-hybridized carbons (Fsp3) is 0.429. The third kappa shape index (κ3) is 7.08. The molecule has 5 heteroatoms. The van der Waals surface area contributed by atoms with Crippen LogP contribution in [0.1, 0.15) is 19.8 Å². The zero-order valence-electron chi connectivity index (χ0n) is 11.0. The van der Waals surface area contributed by atoms with E-state index in [-0.39, 0.29) is 24.7 Å². The summed E-state index contributed by atoms with van der Waals surface area (Å²) in [5.41, 5.74) is 0. The lowest BCUT2D eigenvalue weighted by atomic mass is 10.0. The summed E-state index contributed by atoms with van der Waals surface area (Å²) >= 11 is 0. The van der Waals surface area contributed by atoms with Crippen LogP contribution in [-0.2, 0) is 9.59 Å². The van der Waals surface area contributed by atoms with E-state index in [1.807, 2.05) is 30.3 Å². The van der Waals surface area contributed by atoms with Gasteiger partial charge in [-0.05, 0) is 18.1 Å². The summed E-state index contributed by atoms with van der Waals surface area (Å²) in [6.07, 6.45) is 0.228. The zero-order chi connectivity index (χ0) is 14.1. The number of para-hydroxylation sites is 1. The van der Waals surface area contributed by atoms with Crippen LogP contribution in [0.15, 0.2) is 30.3 Å². The number of nitrogens with one attached hydrogen (secondary N) is 1. The van der Waals surface area contributed by atoms with Crippen molar-refractivity contribution in [1.82, 2.24) is 5.32 Å². The lowest BCUT2D eigenvalue weighted by Crippen LogP contribution is -2.29. The number of hydrogen-bond donors (Lipinski definition) is 2. The van der Waals surface area contributed by atoms with Gasteiger partial charge in [-0.1, -0.05) is 25.1 Å². The second-order valence-electron chi connectivity index (χ2n) is 4.42. The van der Waals surface area contributed by atoms with Crippen molar-refractivity contribution in [3.05, 3.63) is 30.3 Å². The van der Waals surface area contributed by atoms with Gasteiger partial charge in [0.2, 0.25) is 5.91 Å². The molecule has 2 N–H and O–H groups in total. The molecule has 0 aromatic heterocycles. The van der Waals surface area contributed by atoms with Crippen LogP contribution >= 0.6 is 0 Å². The molecule has 0 fully saturated rings. The van der Waals surface area contributed by atoms with Crippen LogP contribution in [0.5, 0.6) is 5.75 Å². The molecule has 0 spiro atoms. The molecule has 104 valence electrons. The first-order chi connectivity index (χ1) is 9.08. The van der Waals surface area contributed by atoms with E-state index in [1.165, 1.54) is 0 Å². The molecule has 1 aromatic rings. The minimum absolute atomic E-state index is 0.00787. The summed E-state index contributed by atoms with van der Waals surface area (Å²) in [6, 6.07) is 9.34. The molecule has 1 rings (SSSR count). The number of ether oxygens (including phenoxy) is 1. The van der Waals surface area contributed by atoms with Gasteiger partial charge in [-0.15, -0.1) is 0 Å².